The molecule has 0 aliphatic carbocycles. The lowest BCUT2D eigenvalue weighted by Crippen LogP contribution is -2.71. The number of nitrogens with one attached hydrogen (secondary N) is 3. The maximum Gasteiger partial charge on any atom is 0.217 e. The first-order chi connectivity index (χ1) is 35.9. The van der Waals surface area contributed by atoms with Gasteiger partial charge in [0, 0.05) is 20.8 Å². The molecule has 76 heavy (non-hydrogen) atoms. The smallest absolute Gasteiger partial charge is 0.217 e. The zero-order valence-corrected chi connectivity index (χ0v) is 41.4. The van der Waals surface area contributed by atoms with Gasteiger partial charge in [0.25, 0.3) is 0 Å². The van der Waals surface area contributed by atoms with E-state index in [0.29, 0.717) is 0 Å². The molecule has 30 atom stereocenters. The number of amides is 3. The van der Waals surface area contributed by atoms with Gasteiger partial charge in [0.15, 0.2) is 31.5 Å². The third-order valence-corrected chi connectivity index (χ3v) is 13.9. The number of carbonyl (C=O) groups excluding carboxylic acids is 3. The van der Waals surface area contributed by atoms with Crippen LogP contribution in [0.5, 0.6) is 0 Å². The van der Waals surface area contributed by atoms with Crippen LogP contribution in [0, 0.1) is 0 Å². The molecule has 0 bridgehead atoms. The van der Waals surface area contributed by atoms with Crippen LogP contribution in [-0.4, -0.2) is 323 Å². The Hall–Kier alpha value is -2.67. The van der Waals surface area contributed by atoms with Crippen LogP contribution in [0.4, 0.5) is 0 Å². The third-order valence-electron chi connectivity index (χ3n) is 13.9. The van der Waals surface area contributed by atoms with Crippen molar-refractivity contribution in [3.05, 3.63) is 0 Å². The molecule has 0 aromatic heterocycles. The summed E-state index contributed by atoms with van der Waals surface area (Å²) in [5.74, 6) is -2.24. The zero-order valence-electron chi connectivity index (χ0n) is 41.4. The highest BCUT2D eigenvalue weighted by Crippen LogP contribution is 2.37. The molecule has 6 aliphatic heterocycles. The van der Waals surface area contributed by atoms with Crippen LogP contribution in [0.15, 0.2) is 0 Å². The average Bonchev–Trinajstić information content (AvgIpc) is 3.38. The zero-order chi connectivity index (χ0) is 56.2. The lowest BCUT2D eigenvalue weighted by atomic mass is 9.92. The number of rotatable bonds is 19. The van der Waals surface area contributed by atoms with Crippen LogP contribution < -0.4 is 16.0 Å². The number of carbonyl (C=O) groups is 3. The summed E-state index contributed by atoms with van der Waals surface area (Å²) in [6, 6.07) is -4.62. The second-order valence-corrected chi connectivity index (χ2v) is 19.3. The maximum absolute atomic E-state index is 12.7. The van der Waals surface area contributed by atoms with Crippen molar-refractivity contribution < 1.29 is 148 Å². The van der Waals surface area contributed by atoms with E-state index in [2.05, 4.69) is 16.0 Å². The summed E-state index contributed by atoms with van der Waals surface area (Å²) in [5, 5.41) is 180. The van der Waals surface area contributed by atoms with Gasteiger partial charge in [0.1, 0.15) is 140 Å². The molecule has 6 saturated heterocycles. The van der Waals surface area contributed by atoms with Gasteiger partial charge in [0.2, 0.25) is 17.7 Å². The molecule has 19 N–H and O–H groups in total. The van der Waals surface area contributed by atoms with Crippen molar-refractivity contribution in [2.45, 2.75) is 212 Å². The minimum atomic E-state index is -2.21. The first-order valence-corrected chi connectivity index (χ1v) is 24.4. The Labute approximate surface area is 432 Å². The Kier molecular flexibility index (Phi) is 22.4. The van der Waals surface area contributed by atoms with E-state index in [0.717, 1.165) is 13.8 Å². The van der Waals surface area contributed by atoms with Crippen molar-refractivity contribution >= 4 is 17.7 Å². The summed E-state index contributed by atoms with van der Waals surface area (Å²) in [5.41, 5.74) is 0. The fourth-order valence-electron chi connectivity index (χ4n) is 9.97. The first-order valence-electron chi connectivity index (χ1n) is 24.4. The van der Waals surface area contributed by atoms with Crippen molar-refractivity contribution in [2.24, 2.45) is 0 Å². The fourth-order valence-corrected chi connectivity index (χ4v) is 9.97. The molecule has 0 aromatic carbocycles. The van der Waals surface area contributed by atoms with Gasteiger partial charge in [0.05, 0.1) is 51.8 Å². The molecule has 6 heterocycles. The molecular formula is C43H73N3O30. The number of ether oxygens (including phenoxy) is 11. The second-order valence-electron chi connectivity index (χ2n) is 19.3. The van der Waals surface area contributed by atoms with E-state index in [4.69, 9.17) is 52.1 Å². The lowest BCUT2D eigenvalue weighted by molar-refractivity contribution is -0.384. The van der Waals surface area contributed by atoms with E-state index in [1.54, 1.807) is 0 Å². The predicted octanol–water partition coefficient (Wildman–Crippen LogP) is -12.6. The van der Waals surface area contributed by atoms with Gasteiger partial charge in [-0.3, -0.25) is 14.4 Å². The van der Waals surface area contributed by atoms with Crippen molar-refractivity contribution in [2.75, 3.05) is 39.6 Å². The maximum atomic E-state index is 12.7. The van der Waals surface area contributed by atoms with Crippen LogP contribution in [0.25, 0.3) is 0 Å². The summed E-state index contributed by atoms with van der Waals surface area (Å²) in [7, 11) is 0. The number of hydrogen-bond acceptors (Lipinski definition) is 30. The third kappa shape index (κ3) is 13.6. The van der Waals surface area contributed by atoms with Crippen molar-refractivity contribution in [3.8, 4) is 0 Å². The Morgan fingerprint density at radius 3 is 0.987 bits per heavy atom. The molecule has 3 amide bonds. The molecule has 6 aliphatic rings. The molecule has 0 aromatic rings. The Bertz CT molecular complexity index is 1870. The average molecular weight is 1110 g/mol. The Morgan fingerprint density at radius 1 is 0.329 bits per heavy atom. The normalized spacial score (nSPS) is 48.2. The van der Waals surface area contributed by atoms with Gasteiger partial charge in [-0.25, -0.2) is 0 Å². The van der Waals surface area contributed by atoms with E-state index in [-0.39, 0.29) is 0 Å². The highest BCUT2D eigenvalue weighted by atomic mass is 16.8. The molecule has 12 unspecified atom stereocenters. The van der Waals surface area contributed by atoms with Gasteiger partial charge in [-0.05, 0) is 6.92 Å². The second kappa shape index (κ2) is 27.2. The van der Waals surface area contributed by atoms with Crippen molar-refractivity contribution in [1.82, 2.24) is 16.0 Å². The van der Waals surface area contributed by atoms with Crippen LogP contribution in [-0.2, 0) is 66.5 Å². The highest BCUT2D eigenvalue weighted by Gasteiger charge is 2.58. The van der Waals surface area contributed by atoms with E-state index in [1.165, 1.54) is 13.8 Å². The van der Waals surface area contributed by atoms with E-state index in [1.807, 2.05) is 0 Å². The van der Waals surface area contributed by atoms with Crippen LogP contribution in [0.2, 0.25) is 0 Å². The molecule has 0 radical (unpaired) electrons. The summed E-state index contributed by atoms with van der Waals surface area (Å²) < 4.78 is 63.8. The van der Waals surface area contributed by atoms with Gasteiger partial charge >= 0.3 is 0 Å². The predicted molar refractivity (Wildman–Crippen MR) is 237 cm³/mol. The van der Waals surface area contributed by atoms with Crippen LogP contribution in [0.3, 0.4) is 0 Å². The van der Waals surface area contributed by atoms with Gasteiger partial charge in [-0.15, -0.1) is 0 Å². The van der Waals surface area contributed by atoms with E-state index >= 15 is 0 Å². The summed E-state index contributed by atoms with van der Waals surface area (Å²) in [6.45, 7) is -0.843. The van der Waals surface area contributed by atoms with Gasteiger partial charge in [-0.1, -0.05) is 0 Å². The van der Waals surface area contributed by atoms with E-state index < -0.39 is 241 Å². The number of aliphatic hydroxyl groups excluding tert-OH is 16. The summed E-state index contributed by atoms with van der Waals surface area (Å²) in [4.78, 5) is 37.3. The molecule has 440 valence electrons. The van der Waals surface area contributed by atoms with Crippen molar-refractivity contribution in [1.29, 1.82) is 0 Å². The standard InChI is InChI=1S/C43H73N3O30/c1-11-21(44-12(2)53)36(25(57)16(6-48)66-11)74-43-33(65)38(27(59)18(8-50)69-43)76-40-23(46-14(4)55)29(61)35(20(10-52)71-40)73-42-32(64)37(26(58)17(7-49)68-42)75-39-22(45-13(3)54)28(60)34(19(9-51)70-39)72-41-31(63)30(62)24(56)15(5-47)67-41/h11,15-43,47-52,56-65H,5-10H2,1-4H3,(H,44,53)(H,45,54)(H,46,55)/t11-,15?,16?,17?,18?,19?,20?,21?,22?,23?,24-,25-,26-,27-,28+,29+,30-,31?,32?,33?,34+,35+,36+,37-,38-,39-,40-,41-,42-,43+/m0/s1. The van der Waals surface area contributed by atoms with Crippen LogP contribution in [0.1, 0.15) is 27.7 Å². The quantitative estimate of drug-likeness (QED) is 0.0571. The number of aliphatic hydroxyl groups is 16. The lowest BCUT2D eigenvalue weighted by Gasteiger charge is -2.51. The molecule has 33 nitrogen and oxygen atoms in total. The van der Waals surface area contributed by atoms with Crippen molar-refractivity contribution in [3.63, 3.8) is 0 Å². The monoisotopic (exact) mass is 1110 g/mol. The van der Waals surface area contributed by atoms with Gasteiger partial charge in [-0.2, -0.15) is 0 Å². The molecule has 6 fully saturated rings. The largest absolute Gasteiger partial charge is 0.394 e. The summed E-state index contributed by atoms with van der Waals surface area (Å²) in [6.07, 6.45) is -48.7. The first kappa shape index (κ1) is 62.5. The van der Waals surface area contributed by atoms with E-state index in [9.17, 15) is 96.1 Å². The molecule has 0 spiro atoms. The molecular weight excluding hydrogens is 1040 g/mol. The topological polar surface area (TPSA) is 513 Å². The minimum Gasteiger partial charge on any atom is -0.394 e. The molecule has 0 saturated carbocycles. The summed E-state index contributed by atoms with van der Waals surface area (Å²) >= 11 is 0. The SMILES string of the molecule is CC(=O)NC1[C@H](O[C@@H]2C(O)[C@H](O[C@@H]3C(CO)O[C@@H](O[C@@H]4C(O)[C@@H](O[C@@H]5C(NC(C)=O)[C@H](C)OC(CO)[C@@H]5O)OC(CO)[C@@H]4O)C(NC(C)=O)[C@H]3O)OC(CO)[C@@H]2O)OC(CO)[C@@H](O[C@@H]2OC(CO)[C@H](O)[C@H](O)C2O)[C@@H]1O. The fraction of sp³-hybridized carbons (Fsp3) is 0.930. The molecule has 33 heteroatoms. The minimum absolute atomic E-state index is 0.579. The number of hydrogen-bond donors (Lipinski definition) is 19. The molecule has 6 rings (SSSR count). The Balaban J connectivity index is 1.21. The highest BCUT2D eigenvalue weighted by molar-refractivity contribution is 5.74. The van der Waals surface area contributed by atoms with Gasteiger partial charge < -0.3 is 150 Å². The van der Waals surface area contributed by atoms with Crippen LogP contribution >= 0.6 is 0 Å². The Morgan fingerprint density at radius 2 is 0.618 bits per heavy atom.